The van der Waals surface area contributed by atoms with Gasteiger partial charge in [0, 0.05) is 0 Å². The van der Waals surface area contributed by atoms with E-state index in [1.165, 1.54) is 0 Å². The minimum Gasteiger partial charge on any atom is -0.374 e. The summed E-state index contributed by atoms with van der Waals surface area (Å²) in [4.78, 5) is 0. The van der Waals surface area contributed by atoms with E-state index in [4.69, 9.17) is 23.7 Å². The van der Waals surface area contributed by atoms with Gasteiger partial charge in [-0.2, -0.15) is 0 Å². The van der Waals surface area contributed by atoms with Crippen molar-refractivity contribution in [3.8, 4) is 0 Å². The third-order valence-electron chi connectivity index (χ3n) is 6.65. The summed E-state index contributed by atoms with van der Waals surface area (Å²) in [6.45, 7) is 3.92. The molecule has 4 aromatic rings. The van der Waals surface area contributed by atoms with Crippen molar-refractivity contribution in [2.45, 2.75) is 50.8 Å². The molecule has 1 radical (unpaired) electrons. The minimum absolute atomic E-state index is 0.352. The van der Waals surface area contributed by atoms with Crippen LogP contribution in [0.4, 0.5) is 0 Å². The van der Waals surface area contributed by atoms with Crippen molar-refractivity contribution < 1.29 is 23.7 Å². The van der Waals surface area contributed by atoms with E-state index in [9.17, 15) is 0 Å². The summed E-state index contributed by atoms with van der Waals surface area (Å²) in [5.41, 5.74) is 4.37. The van der Waals surface area contributed by atoms with Crippen molar-refractivity contribution in [3.05, 3.63) is 150 Å². The summed E-state index contributed by atoms with van der Waals surface area (Å²) in [7, 11) is 0. The number of ether oxygens (including phenoxy) is 5. The highest BCUT2D eigenvalue weighted by Gasteiger charge is 2.43. The molecule has 0 aromatic heterocycles. The molecule has 5 heteroatoms. The zero-order valence-electron chi connectivity index (χ0n) is 22.0. The van der Waals surface area contributed by atoms with Gasteiger partial charge in [0.25, 0.3) is 0 Å². The van der Waals surface area contributed by atoms with Crippen LogP contribution in [0.5, 0.6) is 0 Å². The maximum Gasteiger partial charge on any atom is 0.116 e. The average molecular weight is 524 g/mol. The number of benzene rings is 4. The van der Waals surface area contributed by atoms with E-state index in [2.05, 4.69) is 36.4 Å². The molecule has 5 nitrogen and oxygen atoms in total. The third-order valence-corrected chi connectivity index (χ3v) is 6.65. The lowest BCUT2D eigenvalue weighted by atomic mass is 9.99. The summed E-state index contributed by atoms with van der Waals surface area (Å²) in [6.07, 6.45) is -1.57. The molecule has 1 aliphatic heterocycles. The van der Waals surface area contributed by atoms with Crippen molar-refractivity contribution in [2.24, 2.45) is 0 Å². The van der Waals surface area contributed by atoms with Gasteiger partial charge in [0.2, 0.25) is 0 Å². The van der Waals surface area contributed by atoms with Crippen LogP contribution in [0.25, 0.3) is 0 Å². The summed E-state index contributed by atoms with van der Waals surface area (Å²) in [5.74, 6) is 0. The van der Waals surface area contributed by atoms with Crippen LogP contribution < -0.4 is 0 Å². The first kappa shape index (κ1) is 27.3. The summed E-state index contributed by atoms with van der Waals surface area (Å²) < 4.78 is 31.8. The van der Waals surface area contributed by atoms with Gasteiger partial charge in [0.1, 0.15) is 31.0 Å². The molecular weight excluding hydrogens is 488 g/mol. The van der Waals surface area contributed by atoms with Crippen molar-refractivity contribution in [1.82, 2.24) is 0 Å². The molecule has 201 valence electrons. The molecule has 0 N–H and O–H groups in total. The Morgan fingerprint density at radius 3 is 1.36 bits per heavy atom. The van der Waals surface area contributed by atoms with E-state index in [0.29, 0.717) is 33.0 Å². The molecule has 0 unspecified atom stereocenters. The Morgan fingerprint density at radius 1 is 0.462 bits per heavy atom. The normalized spacial score (nSPS) is 21.0. The zero-order valence-corrected chi connectivity index (χ0v) is 22.0. The molecule has 1 fully saturated rings. The van der Waals surface area contributed by atoms with Gasteiger partial charge >= 0.3 is 0 Å². The van der Waals surface area contributed by atoms with Crippen LogP contribution in [0.15, 0.2) is 121 Å². The smallest absolute Gasteiger partial charge is 0.116 e. The third kappa shape index (κ3) is 8.33. The lowest BCUT2D eigenvalue weighted by Crippen LogP contribution is -2.55. The minimum atomic E-state index is -0.417. The Balaban J connectivity index is 1.32. The summed E-state index contributed by atoms with van der Waals surface area (Å²) >= 11 is 0. The van der Waals surface area contributed by atoms with Crippen LogP contribution >= 0.6 is 0 Å². The molecule has 0 spiro atoms. The fraction of sp³-hybridized carbons (Fsp3) is 0.265. The summed E-state index contributed by atoms with van der Waals surface area (Å²) in [6, 6.07) is 40.5. The fourth-order valence-corrected chi connectivity index (χ4v) is 4.56. The van der Waals surface area contributed by atoms with Gasteiger partial charge in [0.15, 0.2) is 0 Å². The van der Waals surface area contributed by atoms with Gasteiger partial charge in [-0.05, 0) is 22.3 Å². The number of rotatable bonds is 13. The van der Waals surface area contributed by atoms with Crippen LogP contribution in [0.2, 0.25) is 0 Å². The molecule has 0 saturated carbocycles. The van der Waals surface area contributed by atoms with Crippen LogP contribution in [0, 0.1) is 6.61 Å². The Kier molecular flexibility index (Phi) is 10.3. The van der Waals surface area contributed by atoms with E-state index in [-0.39, 0.29) is 6.10 Å². The summed E-state index contributed by atoms with van der Waals surface area (Å²) in [5, 5.41) is 0. The van der Waals surface area contributed by atoms with Crippen LogP contribution in [-0.4, -0.2) is 31.0 Å². The van der Waals surface area contributed by atoms with Crippen molar-refractivity contribution in [2.75, 3.05) is 6.61 Å². The highest BCUT2D eigenvalue weighted by Crippen LogP contribution is 2.29. The number of hydrogen-bond acceptors (Lipinski definition) is 5. The maximum atomic E-state index is 6.55. The lowest BCUT2D eigenvalue weighted by molar-refractivity contribution is -0.227. The molecule has 1 heterocycles. The van der Waals surface area contributed by atoms with Crippen molar-refractivity contribution in [3.63, 3.8) is 0 Å². The molecule has 1 aliphatic rings. The molecule has 0 bridgehead atoms. The molecular formula is C34H35O5. The molecule has 4 atom stereocenters. The maximum absolute atomic E-state index is 6.55. The fourth-order valence-electron chi connectivity index (χ4n) is 4.56. The molecule has 1 saturated heterocycles. The lowest BCUT2D eigenvalue weighted by Gasteiger charge is -2.41. The molecule has 5 rings (SSSR count). The first-order valence-corrected chi connectivity index (χ1v) is 13.4. The Morgan fingerprint density at radius 2 is 0.872 bits per heavy atom. The first-order valence-electron chi connectivity index (χ1n) is 13.4. The average Bonchev–Trinajstić information content (AvgIpc) is 3.00. The van der Waals surface area contributed by atoms with Gasteiger partial charge in [0.05, 0.1) is 33.0 Å². The second-order valence-corrected chi connectivity index (χ2v) is 9.59. The van der Waals surface area contributed by atoms with Crippen molar-refractivity contribution >= 4 is 0 Å². The predicted octanol–water partition coefficient (Wildman–Crippen LogP) is 6.52. The van der Waals surface area contributed by atoms with E-state index in [0.717, 1.165) is 22.3 Å². The topological polar surface area (TPSA) is 46.2 Å². The molecule has 0 aliphatic carbocycles. The molecule has 39 heavy (non-hydrogen) atoms. The molecule has 0 amide bonds. The highest BCUT2D eigenvalue weighted by atomic mass is 16.6. The standard InChI is InChI=1S/C34H35O5/c1-5-13-27(14-6-1)21-35-25-31-33(38-23-29-17-9-3-10-18-29)34(39-24-30-19-11-4-12-20-30)32(26-37-31)36-22-28-15-7-2-8-16-28/h1-20,26,31-34H,21-25H2/t31-,32-,33-,34+/m1/s1. The zero-order chi connectivity index (χ0) is 26.5. The van der Waals surface area contributed by atoms with Crippen LogP contribution in [0.1, 0.15) is 22.3 Å². The SMILES string of the molecule is [CH]1O[C@H](COCc2ccccc2)[C@@H](OCc2ccccc2)[C@@H](OCc2ccccc2)[C@@H]1OCc1ccccc1. The quantitative estimate of drug-likeness (QED) is 0.200. The van der Waals surface area contributed by atoms with Crippen molar-refractivity contribution in [1.29, 1.82) is 0 Å². The second kappa shape index (κ2) is 14.7. The Hall–Kier alpha value is -3.32. The van der Waals surface area contributed by atoms with Gasteiger partial charge < -0.3 is 23.7 Å². The Labute approximate surface area is 231 Å². The van der Waals surface area contributed by atoms with Gasteiger partial charge in [-0.15, -0.1) is 0 Å². The monoisotopic (exact) mass is 523 g/mol. The van der Waals surface area contributed by atoms with E-state index in [1.54, 1.807) is 6.61 Å². The van der Waals surface area contributed by atoms with Gasteiger partial charge in [-0.1, -0.05) is 121 Å². The van der Waals surface area contributed by atoms with E-state index in [1.807, 2.05) is 84.9 Å². The van der Waals surface area contributed by atoms with Gasteiger partial charge in [-0.3, -0.25) is 0 Å². The highest BCUT2D eigenvalue weighted by molar-refractivity contribution is 5.16. The molecule has 4 aromatic carbocycles. The van der Waals surface area contributed by atoms with Crippen LogP contribution in [0.3, 0.4) is 0 Å². The Bertz CT molecular complexity index is 1200. The second-order valence-electron chi connectivity index (χ2n) is 9.59. The first-order chi connectivity index (χ1) is 19.3. The largest absolute Gasteiger partial charge is 0.374 e. The number of hydrogen-bond donors (Lipinski definition) is 0. The van der Waals surface area contributed by atoms with Gasteiger partial charge in [-0.25, -0.2) is 0 Å². The van der Waals surface area contributed by atoms with E-state index >= 15 is 0 Å². The van der Waals surface area contributed by atoms with Crippen LogP contribution in [-0.2, 0) is 50.1 Å². The van der Waals surface area contributed by atoms with E-state index < -0.39 is 18.3 Å². The predicted molar refractivity (Wildman–Crippen MR) is 150 cm³/mol.